The van der Waals surface area contributed by atoms with Gasteiger partial charge in [-0.1, -0.05) is 31.2 Å². The van der Waals surface area contributed by atoms with Gasteiger partial charge in [-0.25, -0.2) is 0 Å². The number of hydrogen-bond acceptors (Lipinski definition) is 3. The second kappa shape index (κ2) is 7.41. The fourth-order valence-corrected chi connectivity index (χ4v) is 2.39. The molecule has 1 aliphatic heterocycles. The van der Waals surface area contributed by atoms with E-state index >= 15 is 0 Å². The van der Waals surface area contributed by atoms with Crippen LogP contribution in [-0.4, -0.2) is 48.8 Å². The Morgan fingerprint density at radius 2 is 1.85 bits per heavy atom. The molecule has 0 aromatic heterocycles. The number of rotatable bonds is 6. The molecule has 1 saturated heterocycles. The van der Waals surface area contributed by atoms with Crippen molar-refractivity contribution in [1.29, 1.82) is 0 Å². The summed E-state index contributed by atoms with van der Waals surface area (Å²) in [6.45, 7) is 6.53. The number of carboxylic acid groups (broad SMARTS) is 1. The van der Waals surface area contributed by atoms with Crippen molar-refractivity contribution in [2.45, 2.75) is 19.8 Å². The maximum absolute atomic E-state index is 10.8. The molecule has 0 amide bonds. The third kappa shape index (κ3) is 4.62. The predicted molar refractivity (Wildman–Crippen MR) is 77.9 cm³/mol. The number of hydrogen-bond donors (Lipinski definition) is 1. The summed E-state index contributed by atoms with van der Waals surface area (Å²) >= 11 is 0. The molecule has 1 fully saturated rings. The smallest absolute Gasteiger partial charge is 0.306 e. The van der Waals surface area contributed by atoms with Gasteiger partial charge in [0.2, 0.25) is 0 Å². The molecule has 2 rings (SSSR count). The van der Waals surface area contributed by atoms with Crippen molar-refractivity contribution in [2.75, 3.05) is 32.8 Å². The molecule has 4 nitrogen and oxygen atoms in total. The molecule has 1 aromatic carbocycles. The molecule has 110 valence electrons. The van der Waals surface area contributed by atoms with E-state index in [-0.39, 0.29) is 5.92 Å². The molecule has 1 aromatic rings. The zero-order valence-corrected chi connectivity index (χ0v) is 12.0. The number of carbonyl (C=O) groups is 1. The number of nitrogens with zero attached hydrogens (tertiary/aromatic N) is 1. The van der Waals surface area contributed by atoms with Crippen LogP contribution in [0.5, 0.6) is 0 Å². The molecule has 0 aliphatic carbocycles. The van der Waals surface area contributed by atoms with E-state index < -0.39 is 5.97 Å². The Hall–Kier alpha value is -1.39. The molecule has 0 radical (unpaired) electrons. The van der Waals surface area contributed by atoms with Crippen LogP contribution in [0.2, 0.25) is 0 Å². The lowest BCUT2D eigenvalue weighted by atomic mass is 9.99. The zero-order valence-electron chi connectivity index (χ0n) is 12.0. The van der Waals surface area contributed by atoms with Gasteiger partial charge >= 0.3 is 5.97 Å². The van der Waals surface area contributed by atoms with E-state index in [1.165, 1.54) is 5.56 Å². The second-order valence-corrected chi connectivity index (χ2v) is 5.46. The highest BCUT2D eigenvalue weighted by Gasteiger charge is 2.12. The fraction of sp³-hybridized carbons (Fsp3) is 0.562. The minimum absolute atomic E-state index is 0.325. The first-order valence-corrected chi connectivity index (χ1v) is 7.26. The molecule has 0 saturated carbocycles. The Morgan fingerprint density at radius 1 is 1.25 bits per heavy atom. The molecular weight excluding hydrogens is 254 g/mol. The summed E-state index contributed by atoms with van der Waals surface area (Å²) in [5, 5.41) is 8.91. The first-order chi connectivity index (χ1) is 9.65. The highest BCUT2D eigenvalue weighted by atomic mass is 16.5. The average Bonchev–Trinajstić information content (AvgIpc) is 2.47. The first-order valence-electron chi connectivity index (χ1n) is 7.26. The minimum atomic E-state index is -0.735. The Labute approximate surface area is 120 Å². The van der Waals surface area contributed by atoms with E-state index in [9.17, 15) is 4.79 Å². The van der Waals surface area contributed by atoms with Crippen LogP contribution in [0, 0.1) is 5.92 Å². The highest BCUT2D eigenvalue weighted by molar-refractivity contribution is 5.69. The standard InChI is InChI=1S/C16H23NO3/c1-13(16(18)19)12-15-4-2-14(3-5-15)6-7-17-8-10-20-11-9-17/h2-5,13H,6-12H2,1H3,(H,18,19). The Balaban J connectivity index is 1.80. The maximum atomic E-state index is 10.8. The monoisotopic (exact) mass is 277 g/mol. The van der Waals surface area contributed by atoms with Gasteiger partial charge in [0.15, 0.2) is 0 Å². The van der Waals surface area contributed by atoms with Gasteiger partial charge in [-0.2, -0.15) is 0 Å². The molecule has 1 N–H and O–H groups in total. The minimum Gasteiger partial charge on any atom is -0.481 e. The van der Waals surface area contributed by atoms with Gasteiger partial charge in [-0.15, -0.1) is 0 Å². The molecule has 0 bridgehead atoms. The van der Waals surface area contributed by atoms with E-state index in [1.807, 2.05) is 12.1 Å². The van der Waals surface area contributed by atoms with Crippen molar-refractivity contribution >= 4 is 5.97 Å². The lowest BCUT2D eigenvalue weighted by Gasteiger charge is -2.26. The normalized spacial score (nSPS) is 17.9. The Morgan fingerprint density at radius 3 is 2.45 bits per heavy atom. The number of aliphatic carboxylic acids is 1. The molecule has 1 heterocycles. The van der Waals surface area contributed by atoms with Gasteiger partial charge in [-0.3, -0.25) is 9.69 Å². The maximum Gasteiger partial charge on any atom is 0.306 e. The van der Waals surface area contributed by atoms with E-state index in [2.05, 4.69) is 17.0 Å². The van der Waals surface area contributed by atoms with Crippen molar-refractivity contribution in [1.82, 2.24) is 4.90 Å². The van der Waals surface area contributed by atoms with Crippen LogP contribution >= 0.6 is 0 Å². The zero-order chi connectivity index (χ0) is 14.4. The molecule has 1 atom stereocenters. The van der Waals surface area contributed by atoms with Crippen LogP contribution in [-0.2, 0) is 22.4 Å². The average molecular weight is 277 g/mol. The van der Waals surface area contributed by atoms with Crippen LogP contribution in [0.25, 0.3) is 0 Å². The first kappa shape index (κ1) is 15.0. The summed E-state index contributed by atoms with van der Waals surface area (Å²) < 4.78 is 5.33. The lowest BCUT2D eigenvalue weighted by Crippen LogP contribution is -2.37. The second-order valence-electron chi connectivity index (χ2n) is 5.46. The summed E-state index contributed by atoms with van der Waals surface area (Å²) in [5.41, 5.74) is 2.40. The van der Waals surface area contributed by atoms with E-state index in [0.717, 1.165) is 44.8 Å². The summed E-state index contributed by atoms with van der Waals surface area (Å²) in [7, 11) is 0. The fourth-order valence-electron chi connectivity index (χ4n) is 2.39. The summed E-state index contributed by atoms with van der Waals surface area (Å²) in [6, 6.07) is 8.33. The molecule has 1 aliphatic rings. The van der Waals surface area contributed by atoms with Gasteiger partial charge in [0.1, 0.15) is 0 Å². The molecule has 1 unspecified atom stereocenters. The summed E-state index contributed by atoms with van der Waals surface area (Å²) in [6.07, 6.45) is 1.63. The quantitative estimate of drug-likeness (QED) is 0.862. The third-order valence-corrected chi connectivity index (χ3v) is 3.81. The van der Waals surface area contributed by atoms with Crippen molar-refractivity contribution in [3.05, 3.63) is 35.4 Å². The van der Waals surface area contributed by atoms with E-state index in [4.69, 9.17) is 9.84 Å². The number of benzene rings is 1. The number of ether oxygens (including phenoxy) is 1. The van der Waals surface area contributed by atoms with Crippen LogP contribution < -0.4 is 0 Å². The molecule has 20 heavy (non-hydrogen) atoms. The van der Waals surface area contributed by atoms with Crippen molar-refractivity contribution in [3.8, 4) is 0 Å². The third-order valence-electron chi connectivity index (χ3n) is 3.81. The molecular formula is C16H23NO3. The van der Waals surface area contributed by atoms with Gasteiger partial charge in [0, 0.05) is 19.6 Å². The van der Waals surface area contributed by atoms with Gasteiger partial charge in [0.25, 0.3) is 0 Å². The summed E-state index contributed by atoms with van der Waals surface area (Å²) in [4.78, 5) is 13.3. The van der Waals surface area contributed by atoms with E-state index in [1.54, 1.807) is 6.92 Å². The largest absolute Gasteiger partial charge is 0.481 e. The van der Waals surface area contributed by atoms with Crippen LogP contribution in [0.1, 0.15) is 18.1 Å². The Kier molecular flexibility index (Phi) is 5.56. The van der Waals surface area contributed by atoms with Crippen molar-refractivity contribution in [3.63, 3.8) is 0 Å². The van der Waals surface area contributed by atoms with Crippen molar-refractivity contribution < 1.29 is 14.6 Å². The van der Waals surface area contributed by atoms with Gasteiger partial charge < -0.3 is 9.84 Å². The summed E-state index contributed by atoms with van der Waals surface area (Å²) in [5.74, 6) is -1.06. The van der Waals surface area contributed by atoms with Crippen LogP contribution in [0.15, 0.2) is 24.3 Å². The Bertz CT molecular complexity index is 424. The SMILES string of the molecule is CC(Cc1ccc(CCN2CCOCC2)cc1)C(=O)O. The lowest BCUT2D eigenvalue weighted by molar-refractivity contribution is -0.141. The van der Waals surface area contributed by atoms with Gasteiger partial charge in [-0.05, 0) is 24.0 Å². The van der Waals surface area contributed by atoms with Crippen molar-refractivity contribution in [2.24, 2.45) is 5.92 Å². The topological polar surface area (TPSA) is 49.8 Å². The number of carboxylic acids is 1. The number of morpholine rings is 1. The van der Waals surface area contributed by atoms with Gasteiger partial charge in [0.05, 0.1) is 19.1 Å². The van der Waals surface area contributed by atoms with Crippen LogP contribution in [0.4, 0.5) is 0 Å². The predicted octanol–water partition coefficient (Wildman–Crippen LogP) is 1.82. The highest BCUT2D eigenvalue weighted by Crippen LogP contribution is 2.11. The van der Waals surface area contributed by atoms with Crippen LogP contribution in [0.3, 0.4) is 0 Å². The van der Waals surface area contributed by atoms with E-state index in [0.29, 0.717) is 6.42 Å². The molecule has 4 heteroatoms. The molecule has 0 spiro atoms.